The maximum absolute atomic E-state index is 13.2. The molecule has 2 heterocycles. The Labute approximate surface area is 162 Å². The Balaban J connectivity index is 1.44. The van der Waals surface area contributed by atoms with Crippen molar-refractivity contribution >= 4 is 11.8 Å². The van der Waals surface area contributed by atoms with Gasteiger partial charge in [-0.1, -0.05) is 6.07 Å². The monoisotopic (exact) mass is 389 g/mol. The molecule has 0 bridgehead atoms. The molecule has 1 aliphatic rings. The second-order valence-electron chi connectivity index (χ2n) is 6.63. The number of nitrogens with one attached hydrogen (secondary N) is 1. The molecule has 0 radical (unpaired) electrons. The molecule has 1 fully saturated rings. The predicted octanol–water partition coefficient (Wildman–Crippen LogP) is 0.756. The fraction of sp³-hybridized carbons (Fsp3) is 0.421. The van der Waals surface area contributed by atoms with Crippen molar-refractivity contribution in [2.75, 3.05) is 46.4 Å². The van der Waals surface area contributed by atoms with E-state index in [1.807, 2.05) is 0 Å². The Kier molecular flexibility index (Phi) is 6.25. The standard InChI is InChI=1S/C19H24FN5O3/c1-23-13-16(18(22-23)28-2)19(27)25-10-8-24(9-11-25)7-6-21-17(26)14-4-3-5-15(20)12-14/h3-5,12-13H,6-11H2,1-2H3,(H,21,26). The summed E-state index contributed by atoms with van der Waals surface area (Å²) in [6.45, 7) is 3.73. The van der Waals surface area contributed by atoms with Crippen LogP contribution >= 0.6 is 0 Å². The van der Waals surface area contributed by atoms with Crippen LogP contribution in [0, 0.1) is 5.82 Å². The smallest absolute Gasteiger partial charge is 0.261 e. The minimum absolute atomic E-state index is 0.0935. The summed E-state index contributed by atoms with van der Waals surface area (Å²) >= 11 is 0. The molecule has 150 valence electrons. The van der Waals surface area contributed by atoms with Crippen molar-refractivity contribution in [3.8, 4) is 5.88 Å². The summed E-state index contributed by atoms with van der Waals surface area (Å²) in [6.07, 6.45) is 1.66. The number of benzene rings is 1. The van der Waals surface area contributed by atoms with E-state index < -0.39 is 5.82 Å². The maximum atomic E-state index is 13.2. The molecule has 1 aliphatic heterocycles. The number of carbonyl (C=O) groups excluding carboxylic acids is 2. The van der Waals surface area contributed by atoms with Gasteiger partial charge >= 0.3 is 0 Å². The fourth-order valence-corrected chi connectivity index (χ4v) is 3.17. The van der Waals surface area contributed by atoms with Crippen LogP contribution in [0.1, 0.15) is 20.7 Å². The van der Waals surface area contributed by atoms with Gasteiger partial charge in [0.05, 0.1) is 7.11 Å². The van der Waals surface area contributed by atoms with Crippen LogP contribution < -0.4 is 10.1 Å². The third-order valence-corrected chi connectivity index (χ3v) is 4.68. The van der Waals surface area contributed by atoms with E-state index >= 15 is 0 Å². The summed E-state index contributed by atoms with van der Waals surface area (Å²) in [5, 5.41) is 6.92. The number of piperazine rings is 1. The van der Waals surface area contributed by atoms with Crippen LogP contribution in [0.5, 0.6) is 5.88 Å². The van der Waals surface area contributed by atoms with E-state index in [-0.39, 0.29) is 11.8 Å². The van der Waals surface area contributed by atoms with Crippen molar-refractivity contribution in [3.63, 3.8) is 0 Å². The number of amides is 2. The Morgan fingerprint density at radius 2 is 2.00 bits per heavy atom. The number of carbonyl (C=O) groups is 2. The molecule has 0 spiro atoms. The molecular formula is C19H24FN5O3. The van der Waals surface area contributed by atoms with Crippen molar-refractivity contribution in [1.29, 1.82) is 0 Å². The number of aryl methyl sites for hydroxylation is 1. The third-order valence-electron chi connectivity index (χ3n) is 4.68. The number of aromatic nitrogens is 2. The molecule has 8 nitrogen and oxygen atoms in total. The topological polar surface area (TPSA) is 79.7 Å². The van der Waals surface area contributed by atoms with E-state index in [1.165, 1.54) is 25.3 Å². The van der Waals surface area contributed by atoms with Gasteiger partial charge in [-0.25, -0.2) is 4.39 Å². The highest BCUT2D eigenvalue weighted by atomic mass is 19.1. The first-order valence-corrected chi connectivity index (χ1v) is 9.11. The van der Waals surface area contributed by atoms with E-state index in [4.69, 9.17) is 4.74 Å². The van der Waals surface area contributed by atoms with Gasteiger partial charge < -0.3 is 15.0 Å². The first-order chi connectivity index (χ1) is 13.5. The molecule has 0 unspecified atom stereocenters. The Hall–Kier alpha value is -2.94. The van der Waals surface area contributed by atoms with E-state index in [0.717, 1.165) is 0 Å². The average Bonchev–Trinajstić information content (AvgIpc) is 3.08. The van der Waals surface area contributed by atoms with Gasteiger partial charge in [0.15, 0.2) is 0 Å². The molecule has 2 amide bonds. The summed E-state index contributed by atoms with van der Waals surface area (Å²) in [4.78, 5) is 28.7. The lowest BCUT2D eigenvalue weighted by molar-refractivity contribution is 0.0634. The molecule has 0 aliphatic carbocycles. The van der Waals surface area contributed by atoms with Crippen molar-refractivity contribution in [2.24, 2.45) is 7.05 Å². The number of methoxy groups -OCH3 is 1. The molecule has 1 saturated heterocycles. The second kappa shape index (κ2) is 8.83. The van der Waals surface area contributed by atoms with Crippen LogP contribution in [0.25, 0.3) is 0 Å². The van der Waals surface area contributed by atoms with Crippen molar-refractivity contribution in [3.05, 3.63) is 47.4 Å². The Bertz CT molecular complexity index is 846. The number of rotatable bonds is 6. The number of hydrogen-bond acceptors (Lipinski definition) is 5. The minimum Gasteiger partial charge on any atom is -0.479 e. The normalized spacial score (nSPS) is 14.8. The molecule has 28 heavy (non-hydrogen) atoms. The summed E-state index contributed by atoms with van der Waals surface area (Å²) in [7, 11) is 3.24. The molecule has 1 aromatic carbocycles. The third kappa shape index (κ3) is 4.66. The summed E-state index contributed by atoms with van der Waals surface area (Å²) in [5.74, 6) is -0.491. The lowest BCUT2D eigenvalue weighted by atomic mass is 10.2. The van der Waals surface area contributed by atoms with E-state index in [0.29, 0.717) is 56.3 Å². The molecule has 9 heteroatoms. The average molecular weight is 389 g/mol. The highest BCUT2D eigenvalue weighted by Gasteiger charge is 2.26. The van der Waals surface area contributed by atoms with E-state index in [1.54, 1.807) is 28.9 Å². The van der Waals surface area contributed by atoms with Gasteiger partial charge in [0.1, 0.15) is 11.4 Å². The van der Waals surface area contributed by atoms with Crippen LogP contribution in [-0.4, -0.2) is 77.8 Å². The Morgan fingerprint density at radius 1 is 1.25 bits per heavy atom. The first kappa shape index (κ1) is 19.8. The zero-order chi connectivity index (χ0) is 20.1. The highest BCUT2D eigenvalue weighted by Crippen LogP contribution is 2.18. The van der Waals surface area contributed by atoms with E-state index in [2.05, 4.69) is 15.3 Å². The van der Waals surface area contributed by atoms with Gasteiger partial charge in [-0.05, 0) is 18.2 Å². The zero-order valence-electron chi connectivity index (χ0n) is 16.0. The van der Waals surface area contributed by atoms with Gasteiger partial charge in [-0.3, -0.25) is 19.2 Å². The van der Waals surface area contributed by atoms with Crippen LogP contribution in [0.15, 0.2) is 30.5 Å². The lowest BCUT2D eigenvalue weighted by Crippen LogP contribution is -2.50. The van der Waals surface area contributed by atoms with Gasteiger partial charge in [-0.2, -0.15) is 0 Å². The van der Waals surface area contributed by atoms with Crippen molar-refractivity contribution in [2.45, 2.75) is 0 Å². The fourth-order valence-electron chi connectivity index (χ4n) is 3.17. The summed E-state index contributed by atoms with van der Waals surface area (Å²) in [5.41, 5.74) is 0.765. The SMILES string of the molecule is COc1nn(C)cc1C(=O)N1CCN(CCNC(=O)c2cccc(F)c2)CC1. The zero-order valence-corrected chi connectivity index (χ0v) is 16.0. The largest absolute Gasteiger partial charge is 0.479 e. The summed E-state index contributed by atoms with van der Waals surface area (Å²) < 4.78 is 19.9. The molecular weight excluding hydrogens is 365 g/mol. The van der Waals surface area contributed by atoms with Gasteiger partial charge in [0, 0.05) is 58.1 Å². The van der Waals surface area contributed by atoms with Crippen LogP contribution in [-0.2, 0) is 7.05 Å². The molecule has 1 aromatic heterocycles. The second-order valence-corrected chi connectivity index (χ2v) is 6.63. The lowest BCUT2D eigenvalue weighted by Gasteiger charge is -2.34. The number of halogens is 1. The first-order valence-electron chi connectivity index (χ1n) is 9.11. The highest BCUT2D eigenvalue weighted by molar-refractivity contribution is 5.96. The number of hydrogen-bond donors (Lipinski definition) is 1. The molecule has 1 N–H and O–H groups in total. The van der Waals surface area contributed by atoms with Crippen LogP contribution in [0.2, 0.25) is 0 Å². The van der Waals surface area contributed by atoms with Crippen molar-refractivity contribution < 1.29 is 18.7 Å². The van der Waals surface area contributed by atoms with Crippen molar-refractivity contribution in [1.82, 2.24) is 24.9 Å². The van der Waals surface area contributed by atoms with Gasteiger partial charge in [0.2, 0.25) is 5.88 Å². The molecule has 0 atom stereocenters. The molecule has 3 rings (SSSR count). The van der Waals surface area contributed by atoms with Gasteiger partial charge in [0.25, 0.3) is 11.8 Å². The number of ether oxygens (including phenoxy) is 1. The quantitative estimate of drug-likeness (QED) is 0.789. The molecule has 2 aromatic rings. The van der Waals surface area contributed by atoms with Gasteiger partial charge in [-0.15, -0.1) is 5.10 Å². The predicted molar refractivity (Wildman–Crippen MR) is 101 cm³/mol. The van der Waals surface area contributed by atoms with Crippen LogP contribution in [0.4, 0.5) is 4.39 Å². The maximum Gasteiger partial charge on any atom is 0.261 e. The number of nitrogens with zero attached hydrogens (tertiary/aromatic N) is 4. The minimum atomic E-state index is -0.432. The molecule has 0 saturated carbocycles. The summed E-state index contributed by atoms with van der Waals surface area (Å²) in [6, 6.07) is 5.61. The Morgan fingerprint density at radius 3 is 2.68 bits per heavy atom. The van der Waals surface area contributed by atoms with Crippen LogP contribution in [0.3, 0.4) is 0 Å². The van der Waals surface area contributed by atoms with E-state index in [9.17, 15) is 14.0 Å².